The van der Waals surface area contributed by atoms with E-state index in [-0.39, 0.29) is 0 Å². The van der Waals surface area contributed by atoms with Crippen molar-refractivity contribution in [1.29, 1.82) is 0 Å². The third-order valence-electron chi connectivity index (χ3n) is 3.83. The van der Waals surface area contributed by atoms with Crippen molar-refractivity contribution < 1.29 is 0 Å². The van der Waals surface area contributed by atoms with E-state index in [4.69, 9.17) is 0 Å². The number of fused-ring (bicyclic) bond motifs is 1. The van der Waals surface area contributed by atoms with Crippen molar-refractivity contribution in [3.63, 3.8) is 0 Å². The standard InChI is InChI=1S/C20H19N/c1-4-5-11-19-16(3)18-14-15(2)12-13-20(18)21(19)17-9-7-6-8-10-17/h4-14H,1H2,2-3H3/b11-5-. The fourth-order valence-corrected chi connectivity index (χ4v) is 2.79. The molecule has 3 aromatic rings. The molecule has 0 aliphatic heterocycles. The molecule has 104 valence electrons. The first kappa shape index (κ1) is 13.4. The van der Waals surface area contributed by atoms with Crippen molar-refractivity contribution in [2.75, 3.05) is 0 Å². The van der Waals surface area contributed by atoms with Crippen LogP contribution in [0.4, 0.5) is 0 Å². The highest BCUT2D eigenvalue weighted by Crippen LogP contribution is 2.30. The summed E-state index contributed by atoms with van der Waals surface area (Å²) in [6.45, 7) is 8.10. The molecule has 1 heterocycles. The Labute approximate surface area is 125 Å². The summed E-state index contributed by atoms with van der Waals surface area (Å²) in [7, 11) is 0. The summed E-state index contributed by atoms with van der Waals surface area (Å²) >= 11 is 0. The molecule has 0 fully saturated rings. The Morgan fingerprint density at radius 2 is 1.76 bits per heavy atom. The second-order valence-electron chi connectivity index (χ2n) is 5.30. The molecule has 0 saturated heterocycles. The van der Waals surface area contributed by atoms with Gasteiger partial charge in [-0.25, -0.2) is 0 Å². The molecular weight excluding hydrogens is 254 g/mol. The van der Waals surface area contributed by atoms with Gasteiger partial charge in [-0.05, 0) is 49.8 Å². The van der Waals surface area contributed by atoms with Crippen LogP contribution in [0.1, 0.15) is 16.8 Å². The lowest BCUT2D eigenvalue weighted by atomic mass is 10.1. The monoisotopic (exact) mass is 273 g/mol. The van der Waals surface area contributed by atoms with Gasteiger partial charge in [0.15, 0.2) is 0 Å². The summed E-state index contributed by atoms with van der Waals surface area (Å²) in [5, 5.41) is 1.31. The molecule has 1 aromatic heterocycles. The molecule has 0 saturated carbocycles. The second-order valence-corrected chi connectivity index (χ2v) is 5.30. The minimum Gasteiger partial charge on any atom is -0.310 e. The van der Waals surface area contributed by atoms with Gasteiger partial charge in [0.1, 0.15) is 0 Å². The molecule has 1 nitrogen and oxygen atoms in total. The molecule has 21 heavy (non-hydrogen) atoms. The van der Waals surface area contributed by atoms with Gasteiger partial charge in [-0.3, -0.25) is 0 Å². The van der Waals surface area contributed by atoms with Crippen molar-refractivity contribution in [3.05, 3.63) is 84.1 Å². The molecule has 3 rings (SSSR count). The number of benzene rings is 2. The van der Waals surface area contributed by atoms with Gasteiger partial charge in [-0.2, -0.15) is 0 Å². The van der Waals surface area contributed by atoms with E-state index in [1.54, 1.807) is 0 Å². The number of hydrogen-bond donors (Lipinski definition) is 0. The Kier molecular flexibility index (Phi) is 3.49. The third kappa shape index (κ3) is 2.31. The van der Waals surface area contributed by atoms with E-state index in [9.17, 15) is 0 Å². The van der Waals surface area contributed by atoms with Crippen molar-refractivity contribution in [3.8, 4) is 5.69 Å². The maximum absolute atomic E-state index is 3.78. The number of rotatable bonds is 3. The summed E-state index contributed by atoms with van der Waals surface area (Å²) in [6.07, 6.45) is 5.94. The van der Waals surface area contributed by atoms with Crippen LogP contribution in [-0.4, -0.2) is 4.57 Å². The van der Waals surface area contributed by atoms with Crippen molar-refractivity contribution in [1.82, 2.24) is 4.57 Å². The van der Waals surface area contributed by atoms with Gasteiger partial charge in [-0.15, -0.1) is 0 Å². The lowest BCUT2D eigenvalue weighted by Gasteiger charge is -2.09. The molecule has 2 aromatic carbocycles. The molecule has 0 unspecified atom stereocenters. The van der Waals surface area contributed by atoms with E-state index in [1.165, 1.54) is 33.4 Å². The molecule has 0 bridgehead atoms. The highest BCUT2D eigenvalue weighted by molar-refractivity contribution is 5.90. The van der Waals surface area contributed by atoms with Crippen molar-refractivity contribution in [2.45, 2.75) is 13.8 Å². The highest BCUT2D eigenvalue weighted by atomic mass is 15.0. The van der Waals surface area contributed by atoms with Crippen LogP contribution < -0.4 is 0 Å². The van der Waals surface area contributed by atoms with Crippen LogP contribution in [0.5, 0.6) is 0 Å². The predicted octanol–water partition coefficient (Wildman–Crippen LogP) is 5.45. The zero-order valence-corrected chi connectivity index (χ0v) is 12.5. The van der Waals surface area contributed by atoms with Crippen LogP contribution in [0, 0.1) is 13.8 Å². The quantitative estimate of drug-likeness (QED) is 0.559. The largest absolute Gasteiger partial charge is 0.310 e. The van der Waals surface area contributed by atoms with Gasteiger partial charge < -0.3 is 4.57 Å². The smallest absolute Gasteiger partial charge is 0.0537 e. The summed E-state index contributed by atoms with van der Waals surface area (Å²) in [4.78, 5) is 0. The zero-order valence-electron chi connectivity index (χ0n) is 12.5. The van der Waals surface area contributed by atoms with Gasteiger partial charge >= 0.3 is 0 Å². The number of nitrogens with zero attached hydrogens (tertiary/aromatic N) is 1. The number of para-hydroxylation sites is 1. The molecule has 0 atom stereocenters. The first-order chi connectivity index (χ1) is 10.2. The number of hydrogen-bond acceptors (Lipinski definition) is 0. The fraction of sp³-hybridized carbons (Fsp3) is 0.100. The van der Waals surface area contributed by atoms with Gasteiger partial charge in [0.25, 0.3) is 0 Å². The number of aryl methyl sites for hydroxylation is 2. The average molecular weight is 273 g/mol. The normalized spacial score (nSPS) is 11.3. The molecular formula is C20H19N. The molecule has 1 heteroatoms. The van der Waals surface area contributed by atoms with E-state index < -0.39 is 0 Å². The predicted molar refractivity (Wildman–Crippen MR) is 92.0 cm³/mol. The van der Waals surface area contributed by atoms with Crippen LogP contribution in [-0.2, 0) is 0 Å². The minimum absolute atomic E-state index is 1.18. The van der Waals surface area contributed by atoms with E-state index in [0.29, 0.717) is 0 Å². The van der Waals surface area contributed by atoms with Gasteiger partial charge in [0, 0.05) is 16.8 Å². The highest BCUT2D eigenvalue weighted by Gasteiger charge is 2.13. The topological polar surface area (TPSA) is 4.93 Å². The second kappa shape index (κ2) is 5.45. The van der Waals surface area contributed by atoms with Crippen LogP contribution in [0.3, 0.4) is 0 Å². The Bertz CT molecular complexity index is 820. The van der Waals surface area contributed by atoms with Gasteiger partial charge in [-0.1, -0.05) is 48.6 Å². The molecule has 0 aliphatic carbocycles. The maximum Gasteiger partial charge on any atom is 0.0537 e. The molecule has 0 aliphatic rings. The van der Waals surface area contributed by atoms with E-state index in [0.717, 1.165) is 0 Å². The van der Waals surface area contributed by atoms with E-state index >= 15 is 0 Å². The minimum atomic E-state index is 1.18. The van der Waals surface area contributed by atoms with Gasteiger partial charge in [0.2, 0.25) is 0 Å². The van der Waals surface area contributed by atoms with Crippen LogP contribution >= 0.6 is 0 Å². The van der Waals surface area contributed by atoms with Crippen LogP contribution in [0.2, 0.25) is 0 Å². The summed E-state index contributed by atoms with van der Waals surface area (Å²) in [6, 6.07) is 17.1. The maximum atomic E-state index is 3.78. The Hall–Kier alpha value is -2.54. The summed E-state index contributed by atoms with van der Waals surface area (Å²) in [5.74, 6) is 0. The van der Waals surface area contributed by atoms with Crippen molar-refractivity contribution >= 4 is 17.0 Å². The lowest BCUT2D eigenvalue weighted by Crippen LogP contribution is -1.96. The fourth-order valence-electron chi connectivity index (χ4n) is 2.79. The number of aromatic nitrogens is 1. The van der Waals surface area contributed by atoms with E-state index in [2.05, 4.69) is 73.5 Å². The average Bonchev–Trinajstić information content (AvgIpc) is 2.78. The third-order valence-corrected chi connectivity index (χ3v) is 3.83. The lowest BCUT2D eigenvalue weighted by molar-refractivity contribution is 1.10. The Balaban J connectivity index is 2.39. The Morgan fingerprint density at radius 1 is 1.00 bits per heavy atom. The SMILES string of the molecule is C=C/C=C\c1c(C)c2cc(C)ccc2n1-c1ccccc1. The van der Waals surface area contributed by atoms with Crippen LogP contribution in [0.15, 0.2) is 67.3 Å². The first-order valence-corrected chi connectivity index (χ1v) is 7.18. The molecule has 0 N–H and O–H groups in total. The molecule has 0 spiro atoms. The summed E-state index contributed by atoms with van der Waals surface area (Å²) < 4.78 is 2.31. The Morgan fingerprint density at radius 3 is 2.48 bits per heavy atom. The first-order valence-electron chi connectivity index (χ1n) is 7.18. The van der Waals surface area contributed by atoms with Gasteiger partial charge in [0.05, 0.1) is 5.52 Å². The van der Waals surface area contributed by atoms with Crippen LogP contribution in [0.25, 0.3) is 22.7 Å². The molecule has 0 amide bonds. The molecule has 0 radical (unpaired) electrons. The zero-order chi connectivity index (χ0) is 14.8. The van der Waals surface area contributed by atoms with Crippen molar-refractivity contribution in [2.24, 2.45) is 0 Å². The van der Waals surface area contributed by atoms with E-state index in [1.807, 2.05) is 18.2 Å². The summed E-state index contributed by atoms with van der Waals surface area (Å²) in [5.41, 5.74) is 6.23. The number of allylic oxidation sites excluding steroid dienone is 2.